The Bertz CT molecular complexity index is 489. The summed E-state index contributed by atoms with van der Waals surface area (Å²) in [5.74, 6) is -0.298. The summed E-state index contributed by atoms with van der Waals surface area (Å²) in [5.41, 5.74) is 0.279. The van der Waals surface area contributed by atoms with Gasteiger partial charge in [-0.05, 0) is 44.9 Å². The Hall–Kier alpha value is -2.17. The van der Waals surface area contributed by atoms with Gasteiger partial charge in [0.2, 0.25) is 0 Å². The van der Waals surface area contributed by atoms with Gasteiger partial charge in [-0.3, -0.25) is 0 Å². The highest BCUT2D eigenvalue weighted by Gasteiger charge is 2.15. The van der Waals surface area contributed by atoms with Crippen LogP contribution in [-0.4, -0.2) is 28.5 Å². The lowest BCUT2D eigenvalue weighted by Gasteiger charge is -2.19. The third kappa shape index (κ3) is 6.13. The van der Waals surface area contributed by atoms with Crippen LogP contribution in [0.4, 0.5) is 4.79 Å². The summed E-state index contributed by atoms with van der Waals surface area (Å²) in [4.78, 5) is 11.4. The molecule has 0 fully saturated rings. The van der Waals surface area contributed by atoms with E-state index in [1.165, 1.54) is 12.1 Å². The minimum Gasteiger partial charge on any atom is -0.504 e. The zero-order chi connectivity index (χ0) is 15.2. The Morgan fingerprint density at radius 1 is 1.30 bits per heavy atom. The molecule has 0 aromatic heterocycles. The highest BCUT2D eigenvalue weighted by Crippen LogP contribution is 2.25. The third-order valence-electron chi connectivity index (χ3n) is 2.29. The molecule has 1 rings (SSSR count). The number of carbonyl (C=O) groups is 1. The molecule has 1 aromatic carbocycles. The highest BCUT2D eigenvalue weighted by molar-refractivity contribution is 5.67. The van der Waals surface area contributed by atoms with Crippen molar-refractivity contribution in [3.63, 3.8) is 0 Å². The SMILES string of the molecule is CC(C)(C)OC(=O)NCCC=Cc1ccc(O)c(O)c1. The molecule has 3 N–H and O–H groups in total. The van der Waals surface area contributed by atoms with Crippen LogP contribution in [-0.2, 0) is 4.74 Å². The normalized spacial score (nSPS) is 11.6. The van der Waals surface area contributed by atoms with Gasteiger partial charge in [0, 0.05) is 6.54 Å². The van der Waals surface area contributed by atoms with E-state index < -0.39 is 11.7 Å². The zero-order valence-corrected chi connectivity index (χ0v) is 12.0. The number of rotatable bonds is 4. The predicted molar refractivity (Wildman–Crippen MR) is 77.7 cm³/mol. The second-order valence-corrected chi connectivity index (χ2v) is 5.37. The van der Waals surface area contributed by atoms with Gasteiger partial charge in [-0.2, -0.15) is 0 Å². The monoisotopic (exact) mass is 279 g/mol. The van der Waals surface area contributed by atoms with E-state index in [-0.39, 0.29) is 11.5 Å². The number of phenols is 2. The number of aromatic hydroxyl groups is 2. The molecule has 0 spiro atoms. The molecule has 20 heavy (non-hydrogen) atoms. The Morgan fingerprint density at radius 3 is 2.60 bits per heavy atom. The second kappa shape index (κ2) is 6.84. The van der Waals surface area contributed by atoms with Gasteiger partial charge in [-0.1, -0.05) is 18.2 Å². The molecule has 0 aliphatic carbocycles. The summed E-state index contributed by atoms with van der Waals surface area (Å²) in [6.07, 6.45) is 3.87. The number of benzene rings is 1. The van der Waals surface area contributed by atoms with Gasteiger partial charge in [0.15, 0.2) is 11.5 Å². The summed E-state index contributed by atoms with van der Waals surface area (Å²) in [6, 6.07) is 4.58. The maximum Gasteiger partial charge on any atom is 0.407 e. The number of alkyl carbamates (subject to hydrolysis) is 1. The Balaban J connectivity index is 2.32. The van der Waals surface area contributed by atoms with Gasteiger partial charge < -0.3 is 20.3 Å². The fourth-order valence-corrected chi connectivity index (χ4v) is 1.44. The highest BCUT2D eigenvalue weighted by atomic mass is 16.6. The molecule has 0 saturated carbocycles. The minimum atomic E-state index is -0.497. The van der Waals surface area contributed by atoms with Gasteiger partial charge >= 0.3 is 6.09 Å². The maximum atomic E-state index is 11.4. The number of ether oxygens (including phenoxy) is 1. The number of carbonyl (C=O) groups excluding carboxylic acids is 1. The number of phenolic OH excluding ortho intramolecular Hbond substituents is 2. The predicted octanol–water partition coefficient (Wildman–Crippen LogP) is 3.03. The summed E-state index contributed by atoms with van der Waals surface area (Å²) in [5, 5.41) is 21.1. The van der Waals surface area contributed by atoms with Crippen molar-refractivity contribution in [3.8, 4) is 11.5 Å². The average Bonchev–Trinajstić information content (AvgIpc) is 2.31. The molecule has 5 heteroatoms. The summed E-state index contributed by atoms with van der Waals surface area (Å²) >= 11 is 0. The first-order valence-electron chi connectivity index (χ1n) is 6.43. The molecule has 0 radical (unpaired) electrons. The summed E-state index contributed by atoms with van der Waals surface area (Å²) in [7, 11) is 0. The zero-order valence-electron chi connectivity index (χ0n) is 12.0. The molecule has 5 nitrogen and oxygen atoms in total. The van der Waals surface area contributed by atoms with Crippen molar-refractivity contribution in [1.29, 1.82) is 0 Å². The average molecular weight is 279 g/mol. The molecule has 0 heterocycles. The molecule has 0 saturated heterocycles. The van der Waals surface area contributed by atoms with Crippen molar-refractivity contribution < 1.29 is 19.7 Å². The van der Waals surface area contributed by atoms with Crippen LogP contribution in [0.2, 0.25) is 0 Å². The van der Waals surface area contributed by atoms with Gasteiger partial charge in [-0.15, -0.1) is 0 Å². The number of hydrogen-bond acceptors (Lipinski definition) is 4. The molecule has 110 valence electrons. The molecule has 0 atom stereocenters. The minimum absolute atomic E-state index is 0.145. The first-order valence-corrected chi connectivity index (χ1v) is 6.43. The van der Waals surface area contributed by atoms with E-state index >= 15 is 0 Å². The van der Waals surface area contributed by atoms with Crippen LogP contribution in [0.25, 0.3) is 6.08 Å². The van der Waals surface area contributed by atoms with Crippen molar-refractivity contribution in [1.82, 2.24) is 5.32 Å². The van der Waals surface area contributed by atoms with E-state index in [0.29, 0.717) is 13.0 Å². The van der Waals surface area contributed by atoms with Crippen molar-refractivity contribution in [2.75, 3.05) is 6.54 Å². The van der Waals surface area contributed by atoms with Gasteiger partial charge in [-0.25, -0.2) is 4.79 Å². The second-order valence-electron chi connectivity index (χ2n) is 5.37. The van der Waals surface area contributed by atoms with Crippen molar-refractivity contribution in [2.24, 2.45) is 0 Å². The van der Waals surface area contributed by atoms with Crippen LogP contribution in [0.15, 0.2) is 24.3 Å². The van der Waals surface area contributed by atoms with E-state index in [4.69, 9.17) is 4.74 Å². The largest absolute Gasteiger partial charge is 0.504 e. The van der Waals surface area contributed by atoms with E-state index in [1.807, 2.05) is 26.8 Å². The number of amides is 1. The van der Waals surface area contributed by atoms with E-state index in [1.54, 1.807) is 12.1 Å². The summed E-state index contributed by atoms with van der Waals surface area (Å²) in [6.45, 7) is 5.90. The summed E-state index contributed by atoms with van der Waals surface area (Å²) < 4.78 is 5.10. The van der Waals surface area contributed by atoms with E-state index in [2.05, 4.69) is 5.32 Å². The smallest absolute Gasteiger partial charge is 0.407 e. The van der Waals surface area contributed by atoms with Crippen LogP contribution in [0.3, 0.4) is 0 Å². The molecule has 1 aromatic rings. The van der Waals surface area contributed by atoms with E-state index in [9.17, 15) is 15.0 Å². The fourth-order valence-electron chi connectivity index (χ4n) is 1.44. The number of nitrogens with one attached hydrogen (secondary N) is 1. The Kier molecular flexibility index (Phi) is 5.43. The number of hydrogen-bond donors (Lipinski definition) is 3. The fraction of sp³-hybridized carbons (Fsp3) is 0.400. The lowest BCUT2D eigenvalue weighted by molar-refractivity contribution is 0.0529. The van der Waals surface area contributed by atoms with Crippen LogP contribution in [0, 0.1) is 0 Å². The topological polar surface area (TPSA) is 78.8 Å². The molecule has 1 amide bonds. The molecule has 0 bridgehead atoms. The lowest BCUT2D eigenvalue weighted by atomic mass is 10.2. The Labute approximate surface area is 118 Å². The van der Waals surface area contributed by atoms with Crippen molar-refractivity contribution >= 4 is 12.2 Å². The molecule has 0 aliphatic heterocycles. The van der Waals surface area contributed by atoms with Crippen LogP contribution >= 0.6 is 0 Å². The lowest BCUT2D eigenvalue weighted by Crippen LogP contribution is -2.32. The molecular weight excluding hydrogens is 258 g/mol. The molecular formula is C15H21NO4. The van der Waals surface area contributed by atoms with E-state index in [0.717, 1.165) is 5.56 Å². The van der Waals surface area contributed by atoms with Crippen LogP contribution in [0.1, 0.15) is 32.8 Å². The van der Waals surface area contributed by atoms with Gasteiger partial charge in [0.25, 0.3) is 0 Å². The van der Waals surface area contributed by atoms with Gasteiger partial charge in [0.05, 0.1) is 0 Å². The first-order chi connectivity index (χ1) is 9.28. The van der Waals surface area contributed by atoms with Crippen LogP contribution < -0.4 is 5.32 Å². The standard InChI is InChI=1S/C15H21NO4/c1-15(2,3)20-14(19)16-9-5-4-6-11-7-8-12(17)13(18)10-11/h4,6-8,10,17-18H,5,9H2,1-3H3,(H,16,19). The van der Waals surface area contributed by atoms with Crippen LogP contribution in [0.5, 0.6) is 11.5 Å². The van der Waals surface area contributed by atoms with Gasteiger partial charge in [0.1, 0.15) is 5.60 Å². The Morgan fingerprint density at radius 2 is 2.00 bits per heavy atom. The molecule has 0 aliphatic rings. The third-order valence-corrected chi connectivity index (χ3v) is 2.29. The molecule has 0 unspecified atom stereocenters. The van der Waals surface area contributed by atoms with Crippen molar-refractivity contribution in [3.05, 3.63) is 29.8 Å². The van der Waals surface area contributed by atoms with Crippen molar-refractivity contribution in [2.45, 2.75) is 32.8 Å². The quantitative estimate of drug-likeness (QED) is 0.584. The maximum absolute atomic E-state index is 11.4. The first kappa shape index (κ1) is 15.9.